The number of halogens is 1. The van der Waals surface area contributed by atoms with Gasteiger partial charge in [0.2, 0.25) is 0 Å². The second kappa shape index (κ2) is 14.5. The van der Waals surface area contributed by atoms with Crippen molar-refractivity contribution in [1.82, 2.24) is 0 Å². The number of rotatable bonds is 13. The second-order valence-electron chi connectivity index (χ2n) is 11.5. The summed E-state index contributed by atoms with van der Waals surface area (Å²) in [6, 6.07) is 22.3. The minimum atomic E-state index is -1.44. The van der Waals surface area contributed by atoms with Crippen molar-refractivity contribution in [3.8, 4) is 28.7 Å². The highest BCUT2D eigenvalue weighted by atomic mass is 35.5. The predicted molar refractivity (Wildman–Crippen MR) is 178 cm³/mol. The number of ketones is 1. The lowest BCUT2D eigenvalue weighted by Crippen LogP contribution is -2.33. The summed E-state index contributed by atoms with van der Waals surface area (Å²) in [5.74, 6) is 0.548. The van der Waals surface area contributed by atoms with Crippen LogP contribution in [0, 0.1) is 0 Å². The van der Waals surface area contributed by atoms with Crippen molar-refractivity contribution in [1.29, 1.82) is 0 Å². The first kappa shape index (κ1) is 33.7. The Hall–Kier alpha value is -5.19. The lowest BCUT2D eigenvalue weighted by Gasteiger charge is -2.36. The molecule has 0 saturated heterocycles. The van der Waals surface area contributed by atoms with Gasteiger partial charge in [0.1, 0.15) is 35.4 Å². The van der Waals surface area contributed by atoms with Gasteiger partial charge in [0.25, 0.3) is 0 Å². The van der Waals surface area contributed by atoms with Gasteiger partial charge in [0.15, 0.2) is 11.4 Å². The molecule has 4 aromatic rings. The second-order valence-corrected chi connectivity index (χ2v) is 11.9. The van der Waals surface area contributed by atoms with Gasteiger partial charge in [-0.05, 0) is 60.9 Å². The molecule has 0 radical (unpaired) electrons. The Morgan fingerprint density at radius 3 is 1.96 bits per heavy atom. The SMILES string of the molecule is CC(=O)Oc1ccc2c(c1)Oc1cc(OC(C)=O)ccc1C21OC(=O)c2cc(C(=O)CCCOCCOc3ccc(CCCl)cc3)ccc21. The summed E-state index contributed by atoms with van der Waals surface area (Å²) < 4.78 is 34.3. The average Bonchev–Trinajstić information content (AvgIpc) is 3.36. The monoisotopic (exact) mass is 684 g/mol. The van der Waals surface area contributed by atoms with E-state index < -0.39 is 23.5 Å². The van der Waals surface area contributed by atoms with Crippen LogP contribution in [-0.2, 0) is 31.1 Å². The van der Waals surface area contributed by atoms with Gasteiger partial charge in [-0.25, -0.2) is 4.79 Å². The zero-order valence-electron chi connectivity index (χ0n) is 26.9. The first-order valence-corrected chi connectivity index (χ1v) is 16.3. The summed E-state index contributed by atoms with van der Waals surface area (Å²) in [5, 5.41) is 0. The fourth-order valence-electron chi connectivity index (χ4n) is 5.98. The van der Waals surface area contributed by atoms with Crippen LogP contribution in [0.4, 0.5) is 0 Å². The van der Waals surface area contributed by atoms with Crippen LogP contribution >= 0.6 is 11.6 Å². The van der Waals surface area contributed by atoms with Gasteiger partial charge in [-0.3, -0.25) is 14.4 Å². The van der Waals surface area contributed by atoms with Crippen LogP contribution < -0.4 is 18.9 Å². The van der Waals surface area contributed by atoms with E-state index in [0.717, 1.165) is 17.7 Å². The number of Topliss-reactive ketones (excluding diaryl/α,β-unsaturated/α-hetero) is 1. The molecule has 0 aromatic heterocycles. The van der Waals surface area contributed by atoms with E-state index in [9.17, 15) is 19.2 Å². The van der Waals surface area contributed by atoms with Crippen LogP contribution in [0.5, 0.6) is 28.7 Å². The molecular formula is C38H33ClO10. The molecule has 10 nitrogen and oxygen atoms in total. The molecule has 2 aliphatic rings. The molecule has 1 spiro atoms. The van der Waals surface area contributed by atoms with Crippen molar-refractivity contribution >= 4 is 35.3 Å². The van der Waals surface area contributed by atoms with E-state index >= 15 is 0 Å². The number of fused-ring (bicyclic) bond motifs is 6. The first-order chi connectivity index (χ1) is 23.7. The van der Waals surface area contributed by atoms with Gasteiger partial charge in [0, 0.05) is 67.1 Å². The van der Waals surface area contributed by atoms with E-state index in [-0.39, 0.29) is 40.8 Å². The Morgan fingerprint density at radius 2 is 1.35 bits per heavy atom. The molecule has 0 N–H and O–H groups in total. The molecule has 0 aliphatic carbocycles. The zero-order chi connectivity index (χ0) is 34.5. The number of aryl methyl sites for hydroxylation is 1. The lowest BCUT2D eigenvalue weighted by atomic mass is 9.77. The number of carbonyl (C=O) groups excluding carboxylic acids is 4. The van der Waals surface area contributed by atoms with E-state index in [1.165, 1.54) is 26.0 Å². The smallest absolute Gasteiger partial charge is 0.340 e. The number of ether oxygens (including phenoxy) is 6. The van der Waals surface area contributed by atoms with Gasteiger partial charge in [-0.2, -0.15) is 0 Å². The minimum Gasteiger partial charge on any atom is -0.491 e. The highest BCUT2D eigenvalue weighted by Gasteiger charge is 2.54. The summed E-state index contributed by atoms with van der Waals surface area (Å²) in [5.41, 5.74) is 1.81. The van der Waals surface area contributed by atoms with Crippen molar-refractivity contribution in [3.63, 3.8) is 0 Å². The molecule has 0 atom stereocenters. The number of esters is 3. The van der Waals surface area contributed by atoms with E-state index in [4.69, 9.17) is 40.0 Å². The van der Waals surface area contributed by atoms with E-state index in [1.54, 1.807) is 42.5 Å². The Morgan fingerprint density at radius 1 is 0.735 bits per heavy atom. The molecule has 252 valence electrons. The Labute approximate surface area is 287 Å². The number of alkyl halides is 1. The van der Waals surface area contributed by atoms with Crippen LogP contribution in [0.3, 0.4) is 0 Å². The largest absolute Gasteiger partial charge is 0.491 e. The van der Waals surface area contributed by atoms with Crippen molar-refractivity contribution in [2.24, 2.45) is 0 Å². The Balaban J connectivity index is 1.16. The summed E-state index contributed by atoms with van der Waals surface area (Å²) in [7, 11) is 0. The van der Waals surface area contributed by atoms with Crippen LogP contribution in [-0.4, -0.2) is 49.4 Å². The van der Waals surface area contributed by atoms with Gasteiger partial charge in [-0.1, -0.05) is 24.3 Å². The molecule has 0 unspecified atom stereocenters. The number of benzene rings is 4. The number of carbonyl (C=O) groups is 4. The van der Waals surface area contributed by atoms with Crippen molar-refractivity contribution in [2.45, 2.75) is 38.7 Å². The molecule has 0 fully saturated rings. The maximum atomic E-state index is 13.5. The normalized spacial score (nSPS) is 13.4. The maximum absolute atomic E-state index is 13.5. The van der Waals surface area contributed by atoms with E-state index in [2.05, 4.69) is 0 Å². The molecule has 49 heavy (non-hydrogen) atoms. The van der Waals surface area contributed by atoms with Gasteiger partial charge < -0.3 is 28.4 Å². The third-order valence-corrected chi connectivity index (χ3v) is 8.28. The molecule has 0 bridgehead atoms. The van der Waals surface area contributed by atoms with Gasteiger partial charge in [-0.15, -0.1) is 11.6 Å². The highest BCUT2D eigenvalue weighted by molar-refractivity contribution is 6.18. The molecule has 0 saturated carbocycles. The third-order valence-electron chi connectivity index (χ3n) is 8.09. The van der Waals surface area contributed by atoms with E-state index in [1.807, 2.05) is 24.3 Å². The van der Waals surface area contributed by atoms with Gasteiger partial charge >= 0.3 is 17.9 Å². The minimum absolute atomic E-state index is 0.140. The lowest BCUT2D eigenvalue weighted by molar-refractivity contribution is -0.132. The molecule has 0 amide bonds. The molecule has 2 heterocycles. The van der Waals surface area contributed by atoms with Crippen molar-refractivity contribution in [2.75, 3.05) is 25.7 Å². The van der Waals surface area contributed by atoms with E-state index in [0.29, 0.717) is 54.4 Å². The van der Waals surface area contributed by atoms with Crippen molar-refractivity contribution in [3.05, 3.63) is 112 Å². The molecule has 11 heteroatoms. The Kier molecular flexibility index (Phi) is 9.98. The number of hydrogen-bond acceptors (Lipinski definition) is 10. The van der Waals surface area contributed by atoms with Crippen LogP contribution in [0.25, 0.3) is 0 Å². The van der Waals surface area contributed by atoms with Crippen LogP contribution in [0.15, 0.2) is 78.9 Å². The Bertz CT molecular complexity index is 1850. The summed E-state index contributed by atoms with van der Waals surface area (Å²) in [6.45, 7) is 3.69. The fourth-order valence-corrected chi connectivity index (χ4v) is 6.20. The van der Waals surface area contributed by atoms with Crippen LogP contribution in [0.1, 0.15) is 69.7 Å². The number of hydrogen-bond donors (Lipinski definition) is 0. The molecule has 6 rings (SSSR count). The molecule has 4 aromatic carbocycles. The average molecular weight is 685 g/mol. The summed E-state index contributed by atoms with van der Waals surface area (Å²) >= 11 is 5.78. The highest BCUT2D eigenvalue weighted by Crippen LogP contribution is 2.57. The topological polar surface area (TPSA) is 124 Å². The first-order valence-electron chi connectivity index (χ1n) is 15.8. The van der Waals surface area contributed by atoms with Crippen molar-refractivity contribution < 1.29 is 47.6 Å². The summed E-state index contributed by atoms with van der Waals surface area (Å²) in [6.07, 6.45) is 1.52. The summed E-state index contributed by atoms with van der Waals surface area (Å²) in [4.78, 5) is 50.0. The van der Waals surface area contributed by atoms with Crippen LogP contribution in [0.2, 0.25) is 0 Å². The maximum Gasteiger partial charge on any atom is 0.340 e. The quantitative estimate of drug-likeness (QED) is 0.0481. The predicted octanol–water partition coefficient (Wildman–Crippen LogP) is 6.95. The fraction of sp³-hybridized carbons (Fsp3) is 0.263. The third kappa shape index (κ3) is 7.16. The van der Waals surface area contributed by atoms with Gasteiger partial charge in [0.05, 0.1) is 12.2 Å². The standard InChI is InChI=1S/C38H33ClO10/c1-23(40)46-28-10-13-32-35(21-28)48-36-22-29(47-24(2)41)11-14-33(36)38(32)31-12-7-26(20-30(31)37(43)49-38)34(42)4-3-17-44-18-19-45-27-8-5-25(6-9-27)15-16-39/h5-14,20-22H,3-4,15-19H2,1-2H3. The zero-order valence-corrected chi connectivity index (χ0v) is 27.7. The molecular weight excluding hydrogens is 652 g/mol. The molecule has 2 aliphatic heterocycles.